The van der Waals surface area contributed by atoms with Crippen molar-refractivity contribution in [3.8, 4) is 0 Å². The first-order valence-corrected chi connectivity index (χ1v) is 6.14. The highest BCUT2D eigenvalue weighted by atomic mass is 35.5. The summed E-state index contributed by atoms with van der Waals surface area (Å²) in [5.74, 6) is 0.523. The van der Waals surface area contributed by atoms with Gasteiger partial charge in [-0.1, -0.05) is 17.7 Å². The van der Waals surface area contributed by atoms with Gasteiger partial charge in [0.15, 0.2) is 0 Å². The average molecular weight is 269 g/mol. The number of benzene rings is 1. The van der Waals surface area contributed by atoms with Crippen molar-refractivity contribution < 1.29 is 4.79 Å². The van der Waals surface area contributed by atoms with Crippen LogP contribution in [-0.2, 0) is 0 Å². The highest BCUT2D eigenvalue weighted by Crippen LogP contribution is 2.39. The van der Waals surface area contributed by atoms with Gasteiger partial charge in [0.1, 0.15) is 0 Å². The molecule has 1 saturated carbocycles. The Labute approximate surface area is 115 Å². The minimum absolute atomic E-state index is 0. The van der Waals surface area contributed by atoms with Crippen molar-refractivity contribution in [2.45, 2.75) is 32.2 Å². The van der Waals surface area contributed by atoms with Gasteiger partial charge < -0.3 is 11.1 Å². The molecule has 1 atom stereocenters. The van der Waals surface area contributed by atoms with Crippen LogP contribution in [0, 0.1) is 12.8 Å². The highest BCUT2D eigenvalue weighted by molar-refractivity contribution is 5.94. The molecule has 0 heterocycles. The quantitative estimate of drug-likeness (QED) is 0.880. The maximum Gasteiger partial charge on any atom is 0.251 e. The molecule has 4 heteroatoms. The molecule has 1 aliphatic rings. The molecule has 1 amide bonds. The number of rotatable bonds is 4. The molecule has 1 aliphatic carbocycles. The summed E-state index contributed by atoms with van der Waals surface area (Å²) in [6, 6.07) is 7.63. The van der Waals surface area contributed by atoms with E-state index in [0.717, 1.165) is 5.56 Å². The van der Waals surface area contributed by atoms with Gasteiger partial charge in [-0.15, -0.1) is 12.4 Å². The van der Waals surface area contributed by atoms with Gasteiger partial charge in [0.05, 0.1) is 5.54 Å². The van der Waals surface area contributed by atoms with Crippen LogP contribution in [0.2, 0.25) is 0 Å². The van der Waals surface area contributed by atoms with E-state index in [1.807, 2.05) is 38.1 Å². The fraction of sp³-hybridized carbons (Fsp3) is 0.500. The van der Waals surface area contributed by atoms with Crippen LogP contribution in [0.5, 0.6) is 0 Å². The predicted molar refractivity (Wildman–Crippen MR) is 76.1 cm³/mol. The normalized spacial score (nSPS) is 17.5. The first kappa shape index (κ1) is 15.0. The summed E-state index contributed by atoms with van der Waals surface area (Å²) in [7, 11) is 0. The second-order valence-corrected chi connectivity index (χ2v) is 5.22. The van der Waals surface area contributed by atoms with Crippen LogP contribution in [0.1, 0.15) is 35.7 Å². The van der Waals surface area contributed by atoms with Gasteiger partial charge in [0, 0.05) is 12.1 Å². The molecule has 0 radical (unpaired) electrons. The molecule has 0 saturated heterocycles. The second-order valence-electron chi connectivity index (χ2n) is 5.22. The predicted octanol–water partition coefficient (Wildman–Crippen LogP) is 2.27. The lowest BCUT2D eigenvalue weighted by atomic mass is 9.95. The first-order valence-electron chi connectivity index (χ1n) is 6.14. The monoisotopic (exact) mass is 268 g/mol. The molecule has 3 nitrogen and oxygen atoms in total. The minimum Gasteiger partial charge on any atom is -0.345 e. The van der Waals surface area contributed by atoms with Gasteiger partial charge in [-0.3, -0.25) is 4.79 Å². The largest absolute Gasteiger partial charge is 0.345 e. The number of hydrogen-bond acceptors (Lipinski definition) is 2. The molecule has 1 fully saturated rings. The number of carbonyl (C=O) groups is 1. The van der Waals surface area contributed by atoms with E-state index >= 15 is 0 Å². The molecule has 0 spiro atoms. The number of aryl methyl sites for hydroxylation is 1. The summed E-state index contributed by atoms with van der Waals surface area (Å²) in [6.07, 6.45) is 2.34. The Kier molecular flexibility index (Phi) is 4.77. The van der Waals surface area contributed by atoms with Crippen molar-refractivity contribution in [3.05, 3.63) is 35.4 Å². The summed E-state index contributed by atoms with van der Waals surface area (Å²) in [6.45, 7) is 4.52. The Morgan fingerprint density at radius 3 is 2.67 bits per heavy atom. The summed E-state index contributed by atoms with van der Waals surface area (Å²) >= 11 is 0. The molecule has 100 valence electrons. The fourth-order valence-corrected chi connectivity index (χ4v) is 2.16. The molecule has 0 bridgehead atoms. The van der Waals surface area contributed by atoms with E-state index in [2.05, 4.69) is 5.32 Å². The Morgan fingerprint density at radius 2 is 2.17 bits per heavy atom. The lowest BCUT2D eigenvalue weighted by molar-refractivity contribution is 0.0897. The third kappa shape index (κ3) is 3.24. The number of nitrogens with one attached hydrogen (secondary N) is 1. The Bertz CT molecular complexity index is 432. The van der Waals surface area contributed by atoms with Crippen molar-refractivity contribution in [1.82, 2.24) is 5.32 Å². The maximum absolute atomic E-state index is 12.1. The van der Waals surface area contributed by atoms with Crippen LogP contribution in [-0.4, -0.2) is 18.0 Å². The lowest BCUT2D eigenvalue weighted by Gasteiger charge is -2.29. The zero-order valence-corrected chi connectivity index (χ0v) is 11.7. The molecular formula is C14H21ClN2O. The van der Waals surface area contributed by atoms with Crippen LogP contribution >= 0.6 is 12.4 Å². The van der Waals surface area contributed by atoms with E-state index in [1.54, 1.807) is 0 Å². The fourth-order valence-electron chi connectivity index (χ4n) is 2.16. The van der Waals surface area contributed by atoms with Gasteiger partial charge in [-0.2, -0.15) is 0 Å². The van der Waals surface area contributed by atoms with Crippen LogP contribution in [0.4, 0.5) is 0 Å². The van der Waals surface area contributed by atoms with Crippen molar-refractivity contribution in [2.24, 2.45) is 11.7 Å². The summed E-state index contributed by atoms with van der Waals surface area (Å²) in [4.78, 5) is 12.1. The van der Waals surface area contributed by atoms with Crippen molar-refractivity contribution in [3.63, 3.8) is 0 Å². The van der Waals surface area contributed by atoms with Crippen molar-refractivity contribution in [1.29, 1.82) is 0 Å². The van der Waals surface area contributed by atoms with Crippen LogP contribution in [0.25, 0.3) is 0 Å². The third-order valence-corrected chi connectivity index (χ3v) is 3.58. The van der Waals surface area contributed by atoms with Crippen LogP contribution < -0.4 is 11.1 Å². The second kappa shape index (κ2) is 5.72. The maximum atomic E-state index is 12.1. The molecule has 2 rings (SSSR count). The lowest BCUT2D eigenvalue weighted by Crippen LogP contribution is -2.53. The Morgan fingerprint density at radius 1 is 1.50 bits per heavy atom. The van der Waals surface area contributed by atoms with Crippen molar-refractivity contribution >= 4 is 18.3 Å². The number of carbonyl (C=O) groups excluding carboxylic acids is 1. The van der Waals surface area contributed by atoms with Gasteiger partial charge in [-0.25, -0.2) is 0 Å². The zero-order chi connectivity index (χ0) is 12.5. The third-order valence-electron chi connectivity index (χ3n) is 3.58. The van der Waals surface area contributed by atoms with Crippen molar-refractivity contribution in [2.75, 3.05) is 6.54 Å². The molecular weight excluding hydrogens is 248 g/mol. The van der Waals surface area contributed by atoms with Gasteiger partial charge in [0.25, 0.3) is 5.91 Å². The zero-order valence-electron chi connectivity index (χ0n) is 10.9. The van der Waals surface area contributed by atoms with E-state index in [1.165, 1.54) is 12.8 Å². The number of hydrogen-bond donors (Lipinski definition) is 2. The average Bonchev–Trinajstić information content (AvgIpc) is 3.13. The Hall–Kier alpha value is -1.06. The number of amides is 1. The molecule has 3 N–H and O–H groups in total. The molecule has 0 aliphatic heterocycles. The minimum atomic E-state index is -0.249. The SMILES string of the molecule is Cc1cccc(C(=O)NC(C)(CN)C2CC2)c1.Cl. The molecule has 1 unspecified atom stereocenters. The summed E-state index contributed by atoms with van der Waals surface area (Å²) in [5, 5.41) is 3.08. The highest BCUT2D eigenvalue weighted by Gasteiger charge is 2.41. The first-order chi connectivity index (χ1) is 8.05. The van der Waals surface area contributed by atoms with Crippen LogP contribution in [0.15, 0.2) is 24.3 Å². The van der Waals surface area contributed by atoms with Gasteiger partial charge in [0.2, 0.25) is 0 Å². The van der Waals surface area contributed by atoms with E-state index in [4.69, 9.17) is 5.73 Å². The molecule has 0 aromatic heterocycles. The van der Waals surface area contributed by atoms with E-state index in [9.17, 15) is 4.79 Å². The van der Waals surface area contributed by atoms with E-state index < -0.39 is 0 Å². The summed E-state index contributed by atoms with van der Waals surface area (Å²) in [5.41, 5.74) is 7.35. The molecule has 1 aromatic rings. The van der Waals surface area contributed by atoms with E-state index in [-0.39, 0.29) is 23.9 Å². The summed E-state index contributed by atoms with van der Waals surface area (Å²) < 4.78 is 0. The molecule has 1 aromatic carbocycles. The standard InChI is InChI=1S/C14H20N2O.ClH/c1-10-4-3-5-11(8-10)13(17)16-14(2,9-15)12-6-7-12;/h3-5,8,12H,6-7,9,15H2,1-2H3,(H,16,17);1H. The number of halogens is 1. The van der Waals surface area contributed by atoms with E-state index in [0.29, 0.717) is 18.0 Å². The van der Waals surface area contributed by atoms with Gasteiger partial charge >= 0.3 is 0 Å². The Balaban J connectivity index is 0.00000162. The van der Waals surface area contributed by atoms with Crippen LogP contribution in [0.3, 0.4) is 0 Å². The smallest absolute Gasteiger partial charge is 0.251 e. The topological polar surface area (TPSA) is 55.1 Å². The molecule has 18 heavy (non-hydrogen) atoms. The number of nitrogens with two attached hydrogens (primary N) is 1. The van der Waals surface area contributed by atoms with Gasteiger partial charge in [-0.05, 0) is 44.7 Å².